The molecule has 100 valence electrons. The third kappa shape index (κ3) is 4.84. The molecule has 1 heterocycles. The number of nitrogens with zero attached hydrogens (tertiary/aromatic N) is 1. The third-order valence-corrected chi connectivity index (χ3v) is 2.21. The molecule has 0 spiro atoms. The third-order valence-electron chi connectivity index (χ3n) is 2.10. The van der Waals surface area contributed by atoms with Crippen molar-refractivity contribution in [1.29, 1.82) is 0 Å². The topological polar surface area (TPSA) is 55.8 Å². The van der Waals surface area contributed by atoms with E-state index in [0.29, 0.717) is 13.1 Å². The highest BCUT2D eigenvalue weighted by Crippen LogP contribution is 2.18. The smallest absolute Gasteiger partial charge is 0.410 e. The molecule has 0 aromatic carbocycles. The fraction of sp³-hybridized carbons (Fsp3) is 0.667. The lowest BCUT2D eigenvalue weighted by atomic mass is 10.0. The Morgan fingerprint density at radius 1 is 1.39 bits per heavy atom. The Kier molecular flexibility index (Phi) is 4.85. The summed E-state index contributed by atoms with van der Waals surface area (Å²) in [6.45, 7) is 6.37. The van der Waals surface area contributed by atoms with Crippen LogP contribution >= 0.6 is 11.6 Å². The zero-order valence-corrected chi connectivity index (χ0v) is 11.4. The van der Waals surface area contributed by atoms with Crippen LogP contribution in [0.2, 0.25) is 0 Å². The average Bonchev–Trinajstić information content (AvgIpc) is 2.12. The molecule has 0 N–H and O–H groups in total. The van der Waals surface area contributed by atoms with E-state index in [-0.39, 0.29) is 18.1 Å². The molecule has 0 saturated carbocycles. The van der Waals surface area contributed by atoms with E-state index in [1.54, 1.807) is 0 Å². The number of likely N-dealkylation sites (tertiary alicyclic amines) is 1. The SMILES string of the molecule is CC(C)(C)OC(=O)N1CC(C#CC(=O)OCCl)C1. The zero-order valence-electron chi connectivity index (χ0n) is 10.7. The van der Waals surface area contributed by atoms with E-state index in [2.05, 4.69) is 16.6 Å². The highest BCUT2D eigenvalue weighted by atomic mass is 35.5. The number of esters is 1. The molecule has 1 fully saturated rings. The number of alkyl halides is 1. The first-order chi connectivity index (χ1) is 8.31. The summed E-state index contributed by atoms with van der Waals surface area (Å²) in [6.07, 6.45) is -0.358. The molecule has 0 radical (unpaired) electrons. The predicted octanol–water partition coefficient (Wildman–Crippen LogP) is 1.60. The average molecular weight is 274 g/mol. The molecule has 18 heavy (non-hydrogen) atoms. The van der Waals surface area contributed by atoms with Gasteiger partial charge in [0.25, 0.3) is 0 Å². The Balaban J connectivity index is 2.32. The number of halogens is 1. The Labute approximate surface area is 111 Å². The quantitative estimate of drug-likeness (QED) is 0.315. The molecular formula is C12H16ClNO4. The number of ether oxygens (including phenoxy) is 2. The summed E-state index contributed by atoms with van der Waals surface area (Å²) < 4.78 is 9.63. The zero-order chi connectivity index (χ0) is 13.8. The molecule has 0 unspecified atom stereocenters. The van der Waals surface area contributed by atoms with Crippen LogP contribution in [0.5, 0.6) is 0 Å². The van der Waals surface area contributed by atoms with Crippen molar-refractivity contribution >= 4 is 23.7 Å². The van der Waals surface area contributed by atoms with Crippen LogP contribution in [-0.2, 0) is 14.3 Å². The molecule has 1 amide bonds. The number of hydrogen-bond donors (Lipinski definition) is 0. The second-order valence-corrected chi connectivity index (χ2v) is 5.11. The van der Waals surface area contributed by atoms with Gasteiger partial charge < -0.3 is 14.4 Å². The predicted molar refractivity (Wildman–Crippen MR) is 65.9 cm³/mol. The molecule has 1 rings (SSSR count). The van der Waals surface area contributed by atoms with E-state index < -0.39 is 11.6 Å². The number of hydrogen-bond acceptors (Lipinski definition) is 4. The fourth-order valence-electron chi connectivity index (χ4n) is 1.29. The molecule has 5 nitrogen and oxygen atoms in total. The van der Waals surface area contributed by atoms with Gasteiger partial charge in [-0.05, 0) is 20.8 Å². The highest BCUT2D eigenvalue weighted by molar-refractivity contribution is 6.17. The van der Waals surface area contributed by atoms with Crippen molar-refractivity contribution in [2.75, 3.05) is 19.2 Å². The summed E-state index contributed by atoms with van der Waals surface area (Å²) in [5.41, 5.74) is -0.502. The molecule has 0 aromatic rings. The van der Waals surface area contributed by atoms with E-state index in [0.717, 1.165) is 0 Å². The van der Waals surface area contributed by atoms with Crippen LogP contribution in [0, 0.1) is 17.8 Å². The van der Waals surface area contributed by atoms with Crippen molar-refractivity contribution in [3.63, 3.8) is 0 Å². The maximum absolute atomic E-state index is 11.6. The Morgan fingerprint density at radius 3 is 2.50 bits per heavy atom. The minimum atomic E-state index is -0.652. The van der Waals surface area contributed by atoms with Crippen LogP contribution in [0.1, 0.15) is 20.8 Å². The van der Waals surface area contributed by atoms with Crippen LogP contribution in [0.4, 0.5) is 4.79 Å². The summed E-state index contributed by atoms with van der Waals surface area (Å²) in [7, 11) is 0. The van der Waals surface area contributed by atoms with Crippen molar-refractivity contribution in [3.8, 4) is 11.8 Å². The maximum atomic E-state index is 11.6. The van der Waals surface area contributed by atoms with E-state index in [1.165, 1.54) is 4.90 Å². The minimum Gasteiger partial charge on any atom is -0.444 e. The van der Waals surface area contributed by atoms with Crippen LogP contribution in [-0.4, -0.2) is 41.7 Å². The van der Waals surface area contributed by atoms with E-state index in [4.69, 9.17) is 16.3 Å². The molecule has 0 aromatic heterocycles. The van der Waals surface area contributed by atoms with Crippen molar-refractivity contribution in [2.24, 2.45) is 5.92 Å². The molecule has 1 saturated heterocycles. The molecular weight excluding hydrogens is 258 g/mol. The highest BCUT2D eigenvalue weighted by Gasteiger charge is 2.32. The first kappa shape index (κ1) is 14.7. The number of rotatable bonds is 1. The summed E-state index contributed by atoms with van der Waals surface area (Å²) >= 11 is 5.21. The summed E-state index contributed by atoms with van der Waals surface area (Å²) in [5, 5.41) is 0. The monoisotopic (exact) mass is 273 g/mol. The van der Waals surface area contributed by atoms with E-state index >= 15 is 0 Å². The molecule has 6 heteroatoms. The van der Waals surface area contributed by atoms with Gasteiger partial charge in [0, 0.05) is 19.0 Å². The van der Waals surface area contributed by atoms with Gasteiger partial charge in [-0.1, -0.05) is 17.5 Å². The molecule has 0 bridgehead atoms. The van der Waals surface area contributed by atoms with E-state index in [1.807, 2.05) is 20.8 Å². The van der Waals surface area contributed by atoms with Crippen LogP contribution in [0.25, 0.3) is 0 Å². The number of carbonyl (C=O) groups excluding carboxylic acids is 2. The van der Waals surface area contributed by atoms with Crippen LogP contribution in [0.3, 0.4) is 0 Å². The standard InChI is InChI=1S/C12H16ClNO4/c1-12(2,3)18-11(16)14-6-9(7-14)4-5-10(15)17-8-13/h9H,6-8H2,1-3H3. The largest absolute Gasteiger partial charge is 0.444 e. The Morgan fingerprint density at radius 2 is 2.00 bits per heavy atom. The number of carbonyl (C=O) groups is 2. The van der Waals surface area contributed by atoms with Crippen molar-refractivity contribution in [2.45, 2.75) is 26.4 Å². The van der Waals surface area contributed by atoms with Gasteiger partial charge in [-0.25, -0.2) is 9.59 Å². The normalized spacial score (nSPS) is 15.2. The van der Waals surface area contributed by atoms with Crippen molar-refractivity contribution in [1.82, 2.24) is 4.90 Å². The summed E-state index contributed by atoms with van der Waals surface area (Å²) in [4.78, 5) is 24.0. The lowest BCUT2D eigenvalue weighted by Gasteiger charge is -2.37. The lowest BCUT2D eigenvalue weighted by molar-refractivity contribution is -0.134. The van der Waals surface area contributed by atoms with Gasteiger partial charge in [0.1, 0.15) is 5.60 Å². The Bertz CT molecular complexity index is 385. The number of amides is 1. The van der Waals surface area contributed by atoms with Gasteiger partial charge in [-0.15, -0.1) is 0 Å². The van der Waals surface area contributed by atoms with Crippen LogP contribution in [0.15, 0.2) is 0 Å². The van der Waals surface area contributed by atoms with Gasteiger partial charge in [0.05, 0.1) is 5.92 Å². The second kappa shape index (κ2) is 5.96. The first-order valence-corrected chi connectivity index (χ1v) is 6.07. The van der Waals surface area contributed by atoms with Gasteiger partial charge in [0.15, 0.2) is 6.07 Å². The van der Waals surface area contributed by atoms with Gasteiger partial charge in [-0.3, -0.25) is 0 Å². The van der Waals surface area contributed by atoms with Crippen molar-refractivity contribution < 1.29 is 19.1 Å². The second-order valence-electron chi connectivity index (χ2n) is 4.89. The summed E-state index contributed by atoms with van der Waals surface area (Å²) in [6, 6.07) is -0.206. The van der Waals surface area contributed by atoms with Gasteiger partial charge in [-0.2, -0.15) is 0 Å². The molecule has 0 atom stereocenters. The van der Waals surface area contributed by atoms with Crippen molar-refractivity contribution in [3.05, 3.63) is 0 Å². The minimum absolute atomic E-state index is 0.0135. The fourth-order valence-corrected chi connectivity index (χ4v) is 1.39. The van der Waals surface area contributed by atoms with Gasteiger partial charge >= 0.3 is 12.1 Å². The van der Waals surface area contributed by atoms with Gasteiger partial charge in [0.2, 0.25) is 0 Å². The molecule has 0 aliphatic carbocycles. The Hall–Kier alpha value is -1.41. The maximum Gasteiger partial charge on any atom is 0.410 e. The van der Waals surface area contributed by atoms with E-state index in [9.17, 15) is 9.59 Å². The summed E-state index contributed by atoms with van der Waals surface area (Å²) in [5.74, 6) is 4.37. The lowest BCUT2D eigenvalue weighted by Crippen LogP contribution is -2.51. The molecule has 1 aliphatic rings. The first-order valence-electron chi connectivity index (χ1n) is 5.54. The molecule has 1 aliphatic heterocycles. The van der Waals surface area contributed by atoms with Crippen LogP contribution < -0.4 is 0 Å².